The third-order valence-corrected chi connectivity index (χ3v) is 2.89. The van der Waals surface area contributed by atoms with E-state index in [1.54, 1.807) is 7.05 Å². The first kappa shape index (κ1) is 14.7. The molecule has 1 aliphatic heterocycles. The second kappa shape index (κ2) is 5.55. The number of aliphatic carboxylic acids is 1. The summed E-state index contributed by atoms with van der Waals surface area (Å²) in [7, 11) is 1.57. The Labute approximate surface area is 102 Å². The van der Waals surface area contributed by atoms with Gasteiger partial charge in [0.25, 0.3) is 0 Å². The maximum absolute atomic E-state index is 12.5. The molecule has 1 unspecified atom stereocenters. The molecule has 0 saturated carbocycles. The van der Waals surface area contributed by atoms with E-state index >= 15 is 0 Å². The van der Waals surface area contributed by atoms with Crippen molar-refractivity contribution in [3.63, 3.8) is 0 Å². The summed E-state index contributed by atoms with van der Waals surface area (Å²) in [6, 6.07) is 0. The largest absolute Gasteiger partial charge is 0.481 e. The second-order valence-electron chi connectivity index (χ2n) is 4.34. The number of carbonyl (C=O) groups excluding carboxylic acids is 1. The van der Waals surface area contributed by atoms with Gasteiger partial charge in [0.1, 0.15) is 0 Å². The molecule has 104 valence electrons. The number of amides is 1. The number of carbonyl (C=O) groups is 2. The summed E-state index contributed by atoms with van der Waals surface area (Å²) >= 11 is 0. The fourth-order valence-corrected chi connectivity index (χ4v) is 1.78. The molecule has 18 heavy (non-hydrogen) atoms. The van der Waals surface area contributed by atoms with Crippen LogP contribution in [-0.2, 0) is 9.59 Å². The first-order chi connectivity index (χ1) is 8.21. The minimum Gasteiger partial charge on any atom is -0.481 e. The van der Waals surface area contributed by atoms with Gasteiger partial charge in [0.15, 0.2) is 5.92 Å². The van der Waals surface area contributed by atoms with Crippen LogP contribution in [0.15, 0.2) is 0 Å². The first-order valence-corrected chi connectivity index (χ1v) is 5.47. The number of carboxylic acids is 1. The van der Waals surface area contributed by atoms with E-state index in [0.29, 0.717) is 13.0 Å². The summed E-state index contributed by atoms with van der Waals surface area (Å²) in [5.41, 5.74) is 0. The molecule has 1 rings (SSSR count). The van der Waals surface area contributed by atoms with Gasteiger partial charge in [0, 0.05) is 26.7 Å². The van der Waals surface area contributed by atoms with Gasteiger partial charge in [0.05, 0.1) is 6.54 Å². The smallest absolute Gasteiger partial charge is 0.403 e. The van der Waals surface area contributed by atoms with Crippen LogP contribution in [0.25, 0.3) is 0 Å². The molecule has 1 aliphatic rings. The molecule has 0 bridgehead atoms. The Hall–Kier alpha value is -1.31. The lowest BCUT2D eigenvalue weighted by Crippen LogP contribution is -2.43. The Kier molecular flexibility index (Phi) is 4.55. The zero-order valence-electron chi connectivity index (χ0n) is 9.90. The molecule has 1 amide bonds. The Morgan fingerprint density at radius 1 is 1.44 bits per heavy atom. The second-order valence-corrected chi connectivity index (χ2v) is 4.34. The lowest BCUT2D eigenvalue weighted by Gasteiger charge is -2.24. The van der Waals surface area contributed by atoms with E-state index in [2.05, 4.69) is 0 Å². The Morgan fingerprint density at radius 2 is 2.06 bits per heavy atom. The molecule has 5 nitrogen and oxygen atoms in total. The maximum Gasteiger partial charge on any atom is 0.403 e. The van der Waals surface area contributed by atoms with Crippen LogP contribution < -0.4 is 0 Å². The summed E-state index contributed by atoms with van der Waals surface area (Å²) in [5.74, 6) is -4.65. The maximum atomic E-state index is 12.5. The zero-order valence-corrected chi connectivity index (χ0v) is 9.90. The third kappa shape index (κ3) is 3.86. The Bertz CT molecular complexity index is 333. The topological polar surface area (TPSA) is 60.9 Å². The standard InChI is InChI=1S/C10H15F3N2O3/c1-14-3-2-4-15(6-8(14)16)5-7(9(17)18)10(11,12)13/h7H,2-6H2,1H3,(H,17,18). The van der Waals surface area contributed by atoms with Crippen LogP contribution in [0.2, 0.25) is 0 Å². The van der Waals surface area contributed by atoms with Crippen LogP contribution >= 0.6 is 0 Å². The van der Waals surface area contributed by atoms with Crippen LogP contribution in [0.4, 0.5) is 13.2 Å². The van der Waals surface area contributed by atoms with Gasteiger partial charge in [-0.15, -0.1) is 0 Å². The van der Waals surface area contributed by atoms with Crippen molar-refractivity contribution in [1.29, 1.82) is 0 Å². The number of carboxylic acid groups (broad SMARTS) is 1. The van der Waals surface area contributed by atoms with Gasteiger partial charge in [-0.2, -0.15) is 13.2 Å². The molecule has 1 fully saturated rings. The molecule has 1 saturated heterocycles. The average molecular weight is 268 g/mol. The molecule has 1 heterocycles. The predicted octanol–water partition coefficient (Wildman–Crippen LogP) is 0.414. The Balaban J connectivity index is 2.69. The van der Waals surface area contributed by atoms with Crippen molar-refractivity contribution in [2.45, 2.75) is 12.6 Å². The van der Waals surface area contributed by atoms with Crippen molar-refractivity contribution in [3.8, 4) is 0 Å². The van der Waals surface area contributed by atoms with Gasteiger partial charge in [-0.05, 0) is 6.42 Å². The van der Waals surface area contributed by atoms with Crippen molar-refractivity contribution < 1.29 is 27.9 Å². The lowest BCUT2D eigenvalue weighted by molar-refractivity contribution is -0.196. The highest BCUT2D eigenvalue weighted by atomic mass is 19.4. The molecule has 0 aromatic rings. The number of hydrogen-bond acceptors (Lipinski definition) is 3. The number of hydrogen-bond donors (Lipinski definition) is 1. The zero-order chi connectivity index (χ0) is 13.9. The van der Waals surface area contributed by atoms with E-state index in [1.165, 1.54) is 9.80 Å². The van der Waals surface area contributed by atoms with Crippen LogP contribution in [-0.4, -0.2) is 66.2 Å². The highest BCUT2D eigenvalue weighted by Gasteiger charge is 2.46. The molecule has 0 aromatic heterocycles. The normalized spacial score (nSPS) is 20.7. The van der Waals surface area contributed by atoms with Crippen molar-refractivity contribution >= 4 is 11.9 Å². The SMILES string of the molecule is CN1CCCN(CC(C(=O)O)C(F)(F)F)CC1=O. The van der Waals surface area contributed by atoms with E-state index in [-0.39, 0.29) is 19.0 Å². The molecule has 1 N–H and O–H groups in total. The summed E-state index contributed by atoms with van der Waals surface area (Å²) in [4.78, 5) is 24.8. The number of nitrogens with zero attached hydrogens (tertiary/aromatic N) is 2. The summed E-state index contributed by atoms with van der Waals surface area (Å²) < 4.78 is 37.5. The number of rotatable bonds is 3. The summed E-state index contributed by atoms with van der Waals surface area (Å²) in [6.07, 6.45) is -4.26. The van der Waals surface area contributed by atoms with Gasteiger partial charge in [-0.3, -0.25) is 14.5 Å². The van der Waals surface area contributed by atoms with E-state index in [0.717, 1.165) is 0 Å². The first-order valence-electron chi connectivity index (χ1n) is 5.47. The van der Waals surface area contributed by atoms with Crippen molar-refractivity contribution in [2.24, 2.45) is 5.92 Å². The molecule has 1 atom stereocenters. The molecule has 0 spiro atoms. The monoisotopic (exact) mass is 268 g/mol. The highest BCUT2D eigenvalue weighted by Crippen LogP contribution is 2.27. The van der Waals surface area contributed by atoms with E-state index in [9.17, 15) is 22.8 Å². The fraction of sp³-hybridized carbons (Fsp3) is 0.800. The van der Waals surface area contributed by atoms with Crippen molar-refractivity contribution in [2.75, 3.05) is 33.2 Å². The average Bonchev–Trinajstić information content (AvgIpc) is 2.36. The molecular weight excluding hydrogens is 253 g/mol. The van der Waals surface area contributed by atoms with E-state index in [4.69, 9.17) is 5.11 Å². The minimum atomic E-state index is -4.80. The minimum absolute atomic E-state index is 0.170. The molecular formula is C10H15F3N2O3. The lowest BCUT2D eigenvalue weighted by atomic mass is 10.1. The van der Waals surface area contributed by atoms with Gasteiger partial charge < -0.3 is 10.0 Å². The van der Waals surface area contributed by atoms with Crippen LogP contribution in [0.1, 0.15) is 6.42 Å². The van der Waals surface area contributed by atoms with Crippen molar-refractivity contribution in [1.82, 2.24) is 9.80 Å². The molecule has 0 aliphatic carbocycles. The molecule has 8 heteroatoms. The predicted molar refractivity (Wildman–Crippen MR) is 55.9 cm³/mol. The summed E-state index contributed by atoms with van der Waals surface area (Å²) in [6.45, 7) is -0.0934. The van der Waals surface area contributed by atoms with Crippen molar-refractivity contribution in [3.05, 3.63) is 0 Å². The van der Waals surface area contributed by atoms with Gasteiger partial charge >= 0.3 is 12.1 Å². The molecule has 0 aromatic carbocycles. The quantitative estimate of drug-likeness (QED) is 0.805. The third-order valence-electron chi connectivity index (χ3n) is 2.89. The summed E-state index contributed by atoms with van der Waals surface area (Å²) in [5, 5.41) is 8.59. The van der Waals surface area contributed by atoms with Crippen LogP contribution in [0, 0.1) is 5.92 Å². The van der Waals surface area contributed by atoms with E-state index < -0.39 is 24.6 Å². The van der Waals surface area contributed by atoms with Gasteiger partial charge in [-0.1, -0.05) is 0 Å². The fourth-order valence-electron chi connectivity index (χ4n) is 1.78. The van der Waals surface area contributed by atoms with Gasteiger partial charge in [0.2, 0.25) is 5.91 Å². The Morgan fingerprint density at radius 3 is 2.56 bits per heavy atom. The van der Waals surface area contributed by atoms with E-state index in [1.807, 2.05) is 0 Å². The number of likely N-dealkylation sites (N-methyl/N-ethyl adjacent to an activating group) is 1. The van der Waals surface area contributed by atoms with Crippen LogP contribution in [0.3, 0.4) is 0 Å². The van der Waals surface area contributed by atoms with Crippen LogP contribution in [0.5, 0.6) is 0 Å². The number of alkyl halides is 3. The highest BCUT2D eigenvalue weighted by molar-refractivity contribution is 5.78. The van der Waals surface area contributed by atoms with Gasteiger partial charge in [-0.25, -0.2) is 0 Å². The number of halogens is 3. The molecule has 0 radical (unpaired) electrons.